The van der Waals surface area contributed by atoms with E-state index in [0.717, 1.165) is 5.56 Å². The summed E-state index contributed by atoms with van der Waals surface area (Å²) in [6.07, 6.45) is 1.73. The van der Waals surface area contributed by atoms with Crippen LogP contribution in [0.2, 0.25) is 0 Å². The van der Waals surface area contributed by atoms with Crippen LogP contribution in [0.3, 0.4) is 0 Å². The van der Waals surface area contributed by atoms with Crippen molar-refractivity contribution in [2.45, 2.75) is 12.3 Å². The molecule has 3 heterocycles. The fraction of sp³-hybridized carbons (Fsp3) is 0.118. The zero-order valence-corrected chi connectivity index (χ0v) is 13.1. The summed E-state index contributed by atoms with van der Waals surface area (Å²) in [4.78, 5) is 32.9. The molecule has 0 saturated carbocycles. The van der Waals surface area contributed by atoms with Gasteiger partial charge in [0.1, 0.15) is 5.69 Å². The Balaban J connectivity index is 1.55. The first-order valence-corrected chi connectivity index (χ1v) is 7.74. The number of H-pyrrole nitrogens is 1. The highest BCUT2D eigenvalue weighted by Gasteiger charge is 2.31. The van der Waals surface area contributed by atoms with Crippen molar-refractivity contribution in [1.82, 2.24) is 20.2 Å². The smallest absolute Gasteiger partial charge is 0.249 e. The van der Waals surface area contributed by atoms with E-state index in [-0.39, 0.29) is 24.2 Å². The molecule has 0 saturated heterocycles. The standard InChI is InChI=1S/C17H14N6O2/c24-14-9-11(10-5-1-2-6-12(10)19-14)16(25)21-17-20-15(22-23-17)13-7-3-4-8-18-13/h1-8,11H,9H2,(H,19,24)(H2,20,21,22,23,25)/t11-/m1/s1. The fourth-order valence-corrected chi connectivity index (χ4v) is 2.78. The summed E-state index contributed by atoms with van der Waals surface area (Å²) in [5.74, 6) is -0.495. The Morgan fingerprint density at radius 3 is 2.84 bits per heavy atom. The predicted octanol–water partition coefficient (Wildman–Crippen LogP) is 1.93. The van der Waals surface area contributed by atoms with Crippen molar-refractivity contribution in [2.75, 3.05) is 10.6 Å². The van der Waals surface area contributed by atoms with Crippen LogP contribution >= 0.6 is 0 Å². The number of rotatable bonds is 3. The number of amides is 2. The molecule has 1 aliphatic heterocycles. The number of hydrogen-bond donors (Lipinski definition) is 3. The lowest BCUT2D eigenvalue weighted by molar-refractivity contribution is -0.123. The summed E-state index contributed by atoms with van der Waals surface area (Å²) in [6.45, 7) is 0. The van der Waals surface area contributed by atoms with Gasteiger partial charge in [-0.05, 0) is 23.8 Å². The van der Waals surface area contributed by atoms with E-state index in [1.807, 2.05) is 24.3 Å². The molecule has 2 amide bonds. The van der Waals surface area contributed by atoms with E-state index in [9.17, 15) is 9.59 Å². The van der Waals surface area contributed by atoms with Crippen molar-refractivity contribution in [2.24, 2.45) is 0 Å². The normalized spacial score (nSPS) is 16.0. The Morgan fingerprint density at radius 2 is 2.00 bits per heavy atom. The molecule has 25 heavy (non-hydrogen) atoms. The van der Waals surface area contributed by atoms with E-state index < -0.39 is 5.92 Å². The minimum atomic E-state index is -0.582. The number of carbonyl (C=O) groups is 2. The highest BCUT2D eigenvalue weighted by atomic mass is 16.2. The molecule has 124 valence electrons. The van der Waals surface area contributed by atoms with E-state index in [2.05, 4.69) is 30.8 Å². The van der Waals surface area contributed by atoms with Crippen LogP contribution in [0.15, 0.2) is 48.7 Å². The molecule has 3 aromatic rings. The lowest BCUT2D eigenvalue weighted by Gasteiger charge is -2.24. The van der Waals surface area contributed by atoms with Gasteiger partial charge in [-0.1, -0.05) is 24.3 Å². The lowest BCUT2D eigenvalue weighted by atomic mass is 9.90. The van der Waals surface area contributed by atoms with E-state index in [0.29, 0.717) is 17.2 Å². The number of para-hydroxylation sites is 1. The van der Waals surface area contributed by atoms with E-state index in [4.69, 9.17) is 0 Å². The van der Waals surface area contributed by atoms with Crippen LogP contribution in [0, 0.1) is 0 Å². The van der Waals surface area contributed by atoms with Crippen LogP contribution in [0.4, 0.5) is 11.6 Å². The number of carbonyl (C=O) groups excluding carboxylic acids is 2. The molecule has 1 aliphatic rings. The van der Waals surface area contributed by atoms with Crippen molar-refractivity contribution >= 4 is 23.5 Å². The average Bonchev–Trinajstić information content (AvgIpc) is 3.10. The first kappa shape index (κ1) is 15.0. The van der Waals surface area contributed by atoms with Gasteiger partial charge in [-0.25, -0.2) is 0 Å². The molecular formula is C17H14N6O2. The molecular weight excluding hydrogens is 320 g/mol. The number of pyridine rings is 1. The van der Waals surface area contributed by atoms with Crippen LogP contribution in [-0.2, 0) is 9.59 Å². The highest BCUT2D eigenvalue weighted by Crippen LogP contribution is 2.32. The van der Waals surface area contributed by atoms with Gasteiger partial charge in [-0.15, -0.1) is 5.10 Å². The van der Waals surface area contributed by atoms with Crippen LogP contribution < -0.4 is 10.6 Å². The first-order valence-electron chi connectivity index (χ1n) is 7.74. The zero-order valence-electron chi connectivity index (χ0n) is 13.1. The number of nitrogens with zero attached hydrogens (tertiary/aromatic N) is 3. The number of aromatic amines is 1. The summed E-state index contributed by atoms with van der Waals surface area (Å²) in [5, 5.41) is 12.2. The van der Waals surface area contributed by atoms with Gasteiger partial charge in [0.2, 0.25) is 17.8 Å². The molecule has 0 fully saturated rings. The topological polar surface area (TPSA) is 113 Å². The molecule has 0 unspecified atom stereocenters. The van der Waals surface area contributed by atoms with Crippen molar-refractivity contribution in [3.05, 3.63) is 54.2 Å². The van der Waals surface area contributed by atoms with Gasteiger partial charge in [0.05, 0.1) is 5.92 Å². The largest absolute Gasteiger partial charge is 0.326 e. The van der Waals surface area contributed by atoms with E-state index >= 15 is 0 Å². The van der Waals surface area contributed by atoms with Crippen molar-refractivity contribution < 1.29 is 9.59 Å². The van der Waals surface area contributed by atoms with Crippen molar-refractivity contribution in [1.29, 1.82) is 0 Å². The molecule has 0 aliphatic carbocycles. The average molecular weight is 334 g/mol. The van der Waals surface area contributed by atoms with Gasteiger partial charge in [-0.2, -0.15) is 4.98 Å². The number of hydrogen-bond acceptors (Lipinski definition) is 5. The Hall–Kier alpha value is -3.55. The Bertz CT molecular complexity index is 937. The minimum Gasteiger partial charge on any atom is -0.326 e. The minimum absolute atomic E-state index is 0.0837. The summed E-state index contributed by atoms with van der Waals surface area (Å²) in [7, 11) is 0. The van der Waals surface area contributed by atoms with Gasteiger partial charge in [0.15, 0.2) is 5.82 Å². The highest BCUT2D eigenvalue weighted by molar-refractivity contribution is 6.04. The van der Waals surface area contributed by atoms with Crippen LogP contribution in [0.1, 0.15) is 17.9 Å². The molecule has 0 spiro atoms. The Labute approximate surface area is 142 Å². The monoisotopic (exact) mass is 334 g/mol. The summed E-state index contributed by atoms with van der Waals surface area (Å²) in [6, 6.07) is 12.7. The van der Waals surface area contributed by atoms with E-state index in [1.165, 1.54) is 0 Å². The first-order chi connectivity index (χ1) is 12.2. The summed E-state index contributed by atoms with van der Waals surface area (Å²) in [5.41, 5.74) is 2.06. The van der Waals surface area contributed by atoms with Crippen LogP contribution in [0.25, 0.3) is 11.5 Å². The van der Waals surface area contributed by atoms with Crippen LogP contribution in [-0.4, -0.2) is 32.0 Å². The molecule has 0 bridgehead atoms. The maximum atomic E-state index is 12.6. The van der Waals surface area contributed by atoms with Crippen molar-refractivity contribution in [3.8, 4) is 11.5 Å². The molecule has 8 heteroatoms. The zero-order chi connectivity index (χ0) is 17.2. The molecule has 4 rings (SSSR count). The quantitative estimate of drug-likeness (QED) is 0.677. The number of benzene rings is 1. The molecule has 3 N–H and O–H groups in total. The second-order valence-corrected chi connectivity index (χ2v) is 5.60. The van der Waals surface area contributed by atoms with Crippen molar-refractivity contribution in [3.63, 3.8) is 0 Å². The molecule has 8 nitrogen and oxygen atoms in total. The molecule has 0 radical (unpaired) electrons. The third-order valence-corrected chi connectivity index (χ3v) is 3.94. The SMILES string of the molecule is O=C1C[C@@H](C(=O)Nc2n[nH]c(-c3ccccn3)n2)c2ccccc2N1. The van der Waals surface area contributed by atoms with E-state index in [1.54, 1.807) is 24.4 Å². The number of aromatic nitrogens is 4. The summed E-state index contributed by atoms with van der Waals surface area (Å²) < 4.78 is 0. The Kier molecular flexibility index (Phi) is 3.70. The summed E-state index contributed by atoms with van der Waals surface area (Å²) >= 11 is 0. The van der Waals surface area contributed by atoms with Gasteiger partial charge >= 0.3 is 0 Å². The van der Waals surface area contributed by atoms with Crippen LogP contribution in [0.5, 0.6) is 0 Å². The third-order valence-electron chi connectivity index (χ3n) is 3.94. The third kappa shape index (κ3) is 2.97. The maximum Gasteiger partial charge on any atom is 0.249 e. The number of nitrogens with one attached hydrogen (secondary N) is 3. The van der Waals surface area contributed by atoms with Gasteiger partial charge in [-0.3, -0.25) is 25.0 Å². The Morgan fingerprint density at radius 1 is 1.16 bits per heavy atom. The molecule has 1 aromatic carbocycles. The number of anilines is 2. The van der Waals surface area contributed by atoms with Gasteiger partial charge < -0.3 is 5.32 Å². The lowest BCUT2D eigenvalue weighted by Crippen LogP contribution is -2.31. The van der Waals surface area contributed by atoms with Gasteiger partial charge in [0.25, 0.3) is 0 Å². The second kappa shape index (κ2) is 6.16. The number of fused-ring (bicyclic) bond motifs is 1. The second-order valence-electron chi connectivity index (χ2n) is 5.60. The fourth-order valence-electron chi connectivity index (χ4n) is 2.78. The predicted molar refractivity (Wildman–Crippen MR) is 90.7 cm³/mol. The maximum absolute atomic E-state index is 12.6. The molecule has 2 aromatic heterocycles. The molecule has 1 atom stereocenters. The van der Waals surface area contributed by atoms with Gasteiger partial charge in [0, 0.05) is 18.3 Å².